The van der Waals surface area contributed by atoms with Crippen molar-refractivity contribution in [3.05, 3.63) is 86.9 Å². The number of carboxylic acids is 1. The fraction of sp³-hybridized carbons (Fsp3) is 0.192. The third-order valence-corrected chi connectivity index (χ3v) is 6.96. The number of alkyl carbamates (subject to hydrolysis) is 1. The number of carbonyl (C=O) groups is 3. The predicted octanol–water partition coefficient (Wildman–Crippen LogP) is 7.11. The van der Waals surface area contributed by atoms with Gasteiger partial charge >= 0.3 is 12.1 Å². The SMILES string of the molecule is C/C=C(\C)OC(=O)NCC(C)N(C(=O)c1ccc(Cl)cc1Cl)c1cc(-c2ccccc2)sc1C(=O)O. The maximum atomic E-state index is 13.8. The van der Waals surface area contributed by atoms with Gasteiger partial charge in [-0.05, 0) is 56.7 Å². The molecule has 10 heteroatoms. The second-order valence-corrected chi connectivity index (χ2v) is 9.71. The number of anilines is 1. The maximum absolute atomic E-state index is 13.8. The van der Waals surface area contributed by atoms with Gasteiger partial charge < -0.3 is 20.1 Å². The quantitative estimate of drug-likeness (QED) is 0.293. The van der Waals surface area contributed by atoms with Gasteiger partial charge in [-0.2, -0.15) is 0 Å². The van der Waals surface area contributed by atoms with E-state index < -0.39 is 24.0 Å². The number of nitrogens with one attached hydrogen (secondary N) is 1. The number of hydrogen-bond acceptors (Lipinski definition) is 5. The van der Waals surface area contributed by atoms with Gasteiger partial charge in [-0.25, -0.2) is 9.59 Å². The van der Waals surface area contributed by atoms with Gasteiger partial charge in [0.05, 0.1) is 22.3 Å². The van der Waals surface area contributed by atoms with Crippen molar-refractivity contribution < 1.29 is 24.2 Å². The van der Waals surface area contributed by atoms with Crippen molar-refractivity contribution in [3.8, 4) is 10.4 Å². The molecule has 3 rings (SSSR count). The van der Waals surface area contributed by atoms with E-state index in [0.29, 0.717) is 15.7 Å². The van der Waals surface area contributed by atoms with Crippen LogP contribution in [0.3, 0.4) is 0 Å². The highest BCUT2D eigenvalue weighted by atomic mass is 35.5. The molecule has 0 saturated heterocycles. The number of thiophene rings is 1. The summed E-state index contributed by atoms with van der Waals surface area (Å²) in [6.45, 7) is 5.05. The molecule has 1 unspecified atom stereocenters. The lowest BCUT2D eigenvalue weighted by Crippen LogP contribution is -2.46. The van der Waals surface area contributed by atoms with Crippen LogP contribution in [0.5, 0.6) is 0 Å². The summed E-state index contributed by atoms with van der Waals surface area (Å²) in [6.07, 6.45) is 0.944. The molecule has 2 N–H and O–H groups in total. The van der Waals surface area contributed by atoms with Crippen molar-refractivity contribution in [2.24, 2.45) is 0 Å². The van der Waals surface area contributed by atoms with E-state index in [1.807, 2.05) is 30.3 Å². The van der Waals surface area contributed by atoms with E-state index in [9.17, 15) is 19.5 Å². The van der Waals surface area contributed by atoms with Crippen LogP contribution in [0.25, 0.3) is 10.4 Å². The minimum absolute atomic E-state index is 0.0116. The monoisotopic (exact) mass is 546 g/mol. The molecule has 3 aromatic rings. The number of carboxylic acid groups (broad SMARTS) is 1. The molecule has 0 aliphatic heterocycles. The largest absolute Gasteiger partial charge is 0.477 e. The zero-order valence-electron chi connectivity index (χ0n) is 19.7. The van der Waals surface area contributed by atoms with Crippen LogP contribution in [0.4, 0.5) is 10.5 Å². The Balaban J connectivity index is 2.05. The van der Waals surface area contributed by atoms with E-state index in [2.05, 4.69) is 5.32 Å². The lowest BCUT2D eigenvalue weighted by Gasteiger charge is -2.29. The Kier molecular flexibility index (Phi) is 9.14. The van der Waals surface area contributed by atoms with E-state index in [1.165, 1.54) is 23.1 Å². The summed E-state index contributed by atoms with van der Waals surface area (Å²) < 4.78 is 5.12. The topological polar surface area (TPSA) is 95.9 Å². The molecule has 2 aromatic carbocycles. The third-order valence-electron chi connectivity index (χ3n) is 5.25. The molecule has 188 valence electrons. The standard InChI is InChI=1S/C26H24Cl2N2O5S/c1-4-16(3)35-26(34)29-14-15(2)30(24(31)19-11-10-18(27)12-20(19)28)21-13-22(36-23(21)25(32)33)17-8-6-5-7-9-17/h4-13,15H,14H2,1-3H3,(H,29,34)(H,32,33)/b16-4+. The normalized spacial score (nSPS) is 12.1. The number of halogens is 2. The Labute approximate surface area is 222 Å². The predicted molar refractivity (Wildman–Crippen MR) is 143 cm³/mol. The average Bonchev–Trinajstić information content (AvgIpc) is 3.28. The molecule has 1 heterocycles. The van der Waals surface area contributed by atoms with Crippen molar-refractivity contribution in [2.45, 2.75) is 26.8 Å². The molecule has 0 aliphatic rings. The van der Waals surface area contributed by atoms with E-state index in [-0.39, 0.29) is 27.7 Å². The molecular formula is C26H24Cl2N2O5S. The molecule has 0 bridgehead atoms. The lowest BCUT2D eigenvalue weighted by molar-refractivity contribution is 0.0702. The maximum Gasteiger partial charge on any atom is 0.412 e. The average molecular weight is 547 g/mol. The first-order valence-electron chi connectivity index (χ1n) is 10.9. The molecule has 0 spiro atoms. The van der Waals surface area contributed by atoms with Crippen molar-refractivity contribution in [1.82, 2.24) is 5.32 Å². The zero-order valence-corrected chi connectivity index (χ0v) is 22.1. The number of rotatable bonds is 8. The number of amides is 2. The fourth-order valence-electron chi connectivity index (χ4n) is 3.36. The molecule has 0 aliphatic carbocycles. The third kappa shape index (κ3) is 6.46. The Hall–Kier alpha value is -3.33. The summed E-state index contributed by atoms with van der Waals surface area (Å²) >= 11 is 13.4. The molecule has 0 fully saturated rings. The van der Waals surface area contributed by atoms with Gasteiger partial charge in [-0.15, -0.1) is 11.3 Å². The molecule has 1 atom stereocenters. The number of ether oxygens (including phenoxy) is 1. The number of hydrogen-bond donors (Lipinski definition) is 2. The zero-order chi connectivity index (χ0) is 26.4. The first-order chi connectivity index (χ1) is 17.1. The van der Waals surface area contributed by atoms with E-state index in [1.54, 1.807) is 32.9 Å². The number of benzene rings is 2. The van der Waals surface area contributed by atoms with Crippen LogP contribution in [0.1, 0.15) is 40.8 Å². The second kappa shape index (κ2) is 12.1. The van der Waals surface area contributed by atoms with Crippen LogP contribution in [0, 0.1) is 0 Å². The Morgan fingerprint density at radius 1 is 1.14 bits per heavy atom. The first-order valence-corrected chi connectivity index (χ1v) is 12.5. The summed E-state index contributed by atoms with van der Waals surface area (Å²) in [5.41, 5.74) is 1.14. The number of nitrogens with zero attached hydrogens (tertiary/aromatic N) is 1. The lowest BCUT2D eigenvalue weighted by atomic mass is 10.1. The van der Waals surface area contributed by atoms with Crippen molar-refractivity contribution in [1.29, 1.82) is 0 Å². The van der Waals surface area contributed by atoms with Crippen LogP contribution < -0.4 is 10.2 Å². The smallest absolute Gasteiger partial charge is 0.412 e. The molecular weight excluding hydrogens is 523 g/mol. The van der Waals surface area contributed by atoms with Crippen LogP contribution in [-0.2, 0) is 4.74 Å². The Bertz CT molecular complexity index is 1310. The van der Waals surface area contributed by atoms with Crippen LogP contribution in [0.2, 0.25) is 10.0 Å². The number of allylic oxidation sites excluding steroid dienone is 2. The van der Waals surface area contributed by atoms with E-state index in [0.717, 1.165) is 16.9 Å². The molecule has 36 heavy (non-hydrogen) atoms. The molecule has 2 amide bonds. The van der Waals surface area contributed by atoms with Crippen LogP contribution in [-0.4, -0.2) is 35.7 Å². The summed E-state index contributed by atoms with van der Waals surface area (Å²) in [7, 11) is 0. The number of aromatic carboxylic acids is 1. The minimum Gasteiger partial charge on any atom is -0.477 e. The van der Waals surface area contributed by atoms with Crippen LogP contribution in [0.15, 0.2) is 66.4 Å². The van der Waals surface area contributed by atoms with Crippen LogP contribution >= 0.6 is 34.5 Å². The van der Waals surface area contributed by atoms with Gasteiger partial charge in [0.25, 0.3) is 5.91 Å². The summed E-state index contributed by atoms with van der Waals surface area (Å²) in [5, 5.41) is 13.1. The highest BCUT2D eigenvalue weighted by Gasteiger charge is 2.31. The number of carbonyl (C=O) groups excluding carboxylic acids is 2. The Morgan fingerprint density at radius 3 is 2.44 bits per heavy atom. The molecule has 1 aromatic heterocycles. The molecule has 0 radical (unpaired) electrons. The van der Waals surface area contributed by atoms with Gasteiger partial charge in [0.1, 0.15) is 10.6 Å². The Morgan fingerprint density at radius 2 is 1.83 bits per heavy atom. The van der Waals surface area contributed by atoms with E-state index >= 15 is 0 Å². The van der Waals surface area contributed by atoms with Gasteiger partial charge in [-0.3, -0.25) is 4.79 Å². The van der Waals surface area contributed by atoms with Crippen molar-refractivity contribution >= 4 is 58.2 Å². The van der Waals surface area contributed by atoms with Gasteiger partial charge in [0, 0.05) is 16.4 Å². The highest BCUT2D eigenvalue weighted by molar-refractivity contribution is 7.18. The van der Waals surface area contributed by atoms with Crippen molar-refractivity contribution in [2.75, 3.05) is 11.4 Å². The van der Waals surface area contributed by atoms with Gasteiger partial charge in [0.15, 0.2) is 0 Å². The van der Waals surface area contributed by atoms with Gasteiger partial charge in [-0.1, -0.05) is 53.5 Å². The van der Waals surface area contributed by atoms with Crippen molar-refractivity contribution in [3.63, 3.8) is 0 Å². The second-order valence-electron chi connectivity index (χ2n) is 7.81. The minimum atomic E-state index is -1.18. The summed E-state index contributed by atoms with van der Waals surface area (Å²) in [6, 6.07) is 14.7. The van der Waals surface area contributed by atoms with E-state index in [4.69, 9.17) is 27.9 Å². The molecule has 0 saturated carbocycles. The highest BCUT2D eigenvalue weighted by Crippen LogP contribution is 2.39. The molecule has 7 nitrogen and oxygen atoms in total. The first kappa shape index (κ1) is 27.3. The van der Waals surface area contributed by atoms with Gasteiger partial charge in [0.2, 0.25) is 0 Å². The summed E-state index contributed by atoms with van der Waals surface area (Å²) in [5.74, 6) is -1.30. The fourth-order valence-corrected chi connectivity index (χ4v) is 4.84. The summed E-state index contributed by atoms with van der Waals surface area (Å²) in [4.78, 5) is 40.1.